The van der Waals surface area contributed by atoms with Crippen molar-refractivity contribution in [2.24, 2.45) is 0 Å². The SMILES string of the molecule is Cc1cccc2c(N[C@@H](C)C(=O)N(C)C)ncnc12. The van der Waals surface area contributed by atoms with E-state index in [-0.39, 0.29) is 11.9 Å². The number of nitrogens with one attached hydrogen (secondary N) is 1. The Morgan fingerprint density at radius 1 is 1.32 bits per heavy atom. The summed E-state index contributed by atoms with van der Waals surface area (Å²) in [5.41, 5.74) is 2.00. The summed E-state index contributed by atoms with van der Waals surface area (Å²) >= 11 is 0. The summed E-state index contributed by atoms with van der Waals surface area (Å²) in [6.07, 6.45) is 1.52. The van der Waals surface area contributed by atoms with Crippen molar-refractivity contribution < 1.29 is 4.79 Å². The molecule has 1 aromatic heterocycles. The smallest absolute Gasteiger partial charge is 0.244 e. The average molecular weight is 258 g/mol. The molecular formula is C14H18N4O. The van der Waals surface area contributed by atoms with Crippen molar-refractivity contribution >= 4 is 22.6 Å². The first-order valence-corrected chi connectivity index (χ1v) is 6.18. The van der Waals surface area contributed by atoms with Crippen molar-refractivity contribution in [2.75, 3.05) is 19.4 Å². The second-order valence-corrected chi connectivity index (χ2v) is 4.79. The molecule has 0 unspecified atom stereocenters. The molecule has 0 fully saturated rings. The first-order chi connectivity index (χ1) is 9.00. The van der Waals surface area contributed by atoms with Crippen LogP contribution in [-0.2, 0) is 4.79 Å². The summed E-state index contributed by atoms with van der Waals surface area (Å²) in [6.45, 7) is 3.83. The van der Waals surface area contributed by atoms with Crippen molar-refractivity contribution in [3.05, 3.63) is 30.1 Å². The highest BCUT2D eigenvalue weighted by Gasteiger charge is 2.16. The van der Waals surface area contributed by atoms with Gasteiger partial charge in [-0.15, -0.1) is 0 Å². The highest BCUT2D eigenvalue weighted by Crippen LogP contribution is 2.22. The van der Waals surface area contributed by atoms with Crippen molar-refractivity contribution in [3.8, 4) is 0 Å². The first kappa shape index (κ1) is 13.3. The maximum absolute atomic E-state index is 11.9. The minimum Gasteiger partial charge on any atom is -0.358 e. The van der Waals surface area contributed by atoms with Crippen LogP contribution >= 0.6 is 0 Å². The number of para-hydroxylation sites is 1. The highest BCUT2D eigenvalue weighted by molar-refractivity contribution is 5.93. The molecule has 2 aromatic rings. The number of hydrogen-bond donors (Lipinski definition) is 1. The number of aromatic nitrogens is 2. The molecule has 1 atom stereocenters. The first-order valence-electron chi connectivity index (χ1n) is 6.18. The molecule has 0 aliphatic heterocycles. The third-order valence-electron chi connectivity index (χ3n) is 3.03. The van der Waals surface area contributed by atoms with Gasteiger partial charge < -0.3 is 10.2 Å². The molecule has 100 valence electrons. The number of carbonyl (C=O) groups is 1. The summed E-state index contributed by atoms with van der Waals surface area (Å²) in [7, 11) is 3.48. The van der Waals surface area contributed by atoms with E-state index in [0.717, 1.165) is 16.5 Å². The van der Waals surface area contributed by atoms with Gasteiger partial charge in [-0.3, -0.25) is 4.79 Å². The van der Waals surface area contributed by atoms with Gasteiger partial charge in [-0.1, -0.05) is 12.1 Å². The molecule has 19 heavy (non-hydrogen) atoms. The van der Waals surface area contributed by atoms with Crippen LogP contribution in [0.15, 0.2) is 24.5 Å². The number of amides is 1. The number of fused-ring (bicyclic) bond motifs is 1. The zero-order chi connectivity index (χ0) is 14.0. The quantitative estimate of drug-likeness (QED) is 0.912. The van der Waals surface area contributed by atoms with Crippen LogP contribution in [0.25, 0.3) is 10.9 Å². The highest BCUT2D eigenvalue weighted by atomic mass is 16.2. The monoisotopic (exact) mass is 258 g/mol. The predicted octanol–water partition coefficient (Wildman–Crippen LogP) is 1.83. The summed E-state index contributed by atoms with van der Waals surface area (Å²) in [4.78, 5) is 22.0. The van der Waals surface area contributed by atoms with Gasteiger partial charge in [-0.2, -0.15) is 0 Å². The Labute approximate surface area is 112 Å². The second-order valence-electron chi connectivity index (χ2n) is 4.79. The topological polar surface area (TPSA) is 58.1 Å². The Morgan fingerprint density at radius 3 is 2.74 bits per heavy atom. The predicted molar refractivity (Wildman–Crippen MR) is 76.1 cm³/mol. The molecule has 1 N–H and O–H groups in total. The Bertz CT molecular complexity index is 609. The summed E-state index contributed by atoms with van der Waals surface area (Å²) in [5, 5.41) is 4.08. The fraction of sp³-hybridized carbons (Fsp3) is 0.357. The van der Waals surface area contributed by atoms with Crippen molar-refractivity contribution in [2.45, 2.75) is 19.9 Å². The van der Waals surface area contributed by atoms with E-state index in [9.17, 15) is 4.79 Å². The number of likely N-dealkylation sites (N-methyl/N-ethyl adjacent to an activating group) is 1. The van der Waals surface area contributed by atoms with Crippen LogP contribution in [-0.4, -0.2) is 40.9 Å². The summed E-state index contributed by atoms with van der Waals surface area (Å²) in [6, 6.07) is 5.60. The van der Waals surface area contributed by atoms with E-state index < -0.39 is 0 Å². The van der Waals surface area contributed by atoms with Crippen molar-refractivity contribution in [1.29, 1.82) is 0 Å². The van der Waals surface area contributed by atoms with E-state index in [4.69, 9.17) is 0 Å². The van der Waals surface area contributed by atoms with Gasteiger partial charge in [0, 0.05) is 19.5 Å². The van der Waals surface area contributed by atoms with Crippen LogP contribution in [0.3, 0.4) is 0 Å². The van der Waals surface area contributed by atoms with Crippen LogP contribution in [0.1, 0.15) is 12.5 Å². The Morgan fingerprint density at radius 2 is 2.05 bits per heavy atom. The minimum atomic E-state index is -0.325. The van der Waals surface area contributed by atoms with E-state index in [1.54, 1.807) is 19.0 Å². The van der Waals surface area contributed by atoms with Gasteiger partial charge in [-0.25, -0.2) is 9.97 Å². The lowest BCUT2D eigenvalue weighted by Crippen LogP contribution is -2.36. The Balaban J connectivity index is 2.36. The third-order valence-corrected chi connectivity index (χ3v) is 3.03. The molecule has 0 saturated heterocycles. The third kappa shape index (κ3) is 2.65. The minimum absolute atomic E-state index is 0.0133. The lowest BCUT2D eigenvalue weighted by molar-refractivity contribution is -0.129. The van der Waals surface area contributed by atoms with Gasteiger partial charge in [0.1, 0.15) is 18.2 Å². The molecule has 0 aliphatic carbocycles. The number of rotatable bonds is 3. The number of anilines is 1. The van der Waals surface area contributed by atoms with Gasteiger partial charge >= 0.3 is 0 Å². The molecule has 1 aromatic carbocycles. The summed E-state index contributed by atoms with van der Waals surface area (Å²) < 4.78 is 0. The maximum Gasteiger partial charge on any atom is 0.244 e. The van der Waals surface area contributed by atoms with Crippen molar-refractivity contribution in [3.63, 3.8) is 0 Å². The zero-order valence-electron chi connectivity index (χ0n) is 11.6. The molecular weight excluding hydrogens is 240 g/mol. The standard InChI is InChI=1S/C14H18N4O/c1-9-6-5-7-11-12(9)15-8-16-13(11)17-10(2)14(19)18(3)4/h5-8,10H,1-4H3,(H,15,16,17)/t10-/m0/s1. The Hall–Kier alpha value is -2.17. The van der Waals surface area contributed by atoms with Crippen LogP contribution in [0, 0.1) is 6.92 Å². The van der Waals surface area contributed by atoms with E-state index in [0.29, 0.717) is 5.82 Å². The molecule has 0 radical (unpaired) electrons. The lowest BCUT2D eigenvalue weighted by Gasteiger charge is -2.19. The van der Waals surface area contributed by atoms with Gasteiger partial charge in [0.25, 0.3) is 0 Å². The largest absolute Gasteiger partial charge is 0.358 e. The molecule has 5 nitrogen and oxygen atoms in total. The number of hydrogen-bond acceptors (Lipinski definition) is 4. The number of nitrogens with zero attached hydrogens (tertiary/aromatic N) is 3. The summed E-state index contributed by atoms with van der Waals surface area (Å²) in [5.74, 6) is 0.704. The zero-order valence-corrected chi connectivity index (χ0v) is 11.6. The molecule has 0 bridgehead atoms. The van der Waals surface area contributed by atoms with E-state index in [1.165, 1.54) is 6.33 Å². The molecule has 1 heterocycles. The second kappa shape index (κ2) is 5.22. The molecule has 2 rings (SSSR count). The molecule has 0 spiro atoms. The van der Waals surface area contributed by atoms with E-state index in [1.807, 2.05) is 32.0 Å². The fourth-order valence-corrected chi connectivity index (χ4v) is 2.00. The average Bonchev–Trinajstić information content (AvgIpc) is 2.39. The number of aryl methyl sites for hydroxylation is 1. The van der Waals surface area contributed by atoms with Crippen LogP contribution in [0.4, 0.5) is 5.82 Å². The number of benzene rings is 1. The van der Waals surface area contributed by atoms with Gasteiger partial charge in [-0.05, 0) is 25.5 Å². The van der Waals surface area contributed by atoms with Crippen LogP contribution < -0.4 is 5.32 Å². The maximum atomic E-state index is 11.9. The van der Waals surface area contributed by atoms with E-state index in [2.05, 4.69) is 15.3 Å². The lowest BCUT2D eigenvalue weighted by atomic mass is 10.1. The number of carbonyl (C=O) groups excluding carboxylic acids is 1. The molecule has 0 saturated carbocycles. The van der Waals surface area contributed by atoms with E-state index >= 15 is 0 Å². The fourth-order valence-electron chi connectivity index (χ4n) is 2.00. The normalized spacial score (nSPS) is 12.2. The molecule has 1 amide bonds. The van der Waals surface area contributed by atoms with Gasteiger partial charge in [0.05, 0.1) is 5.52 Å². The Kier molecular flexibility index (Phi) is 3.64. The van der Waals surface area contributed by atoms with Crippen LogP contribution in [0.5, 0.6) is 0 Å². The van der Waals surface area contributed by atoms with Gasteiger partial charge in [0.2, 0.25) is 5.91 Å². The van der Waals surface area contributed by atoms with Crippen LogP contribution in [0.2, 0.25) is 0 Å². The molecule has 0 aliphatic rings. The van der Waals surface area contributed by atoms with Gasteiger partial charge in [0.15, 0.2) is 0 Å². The van der Waals surface area contributed by atoms with Crippen molar-refractivity contribution in [1.82, 2.24) is 14.9 Å². The molecule has 5 heteroatoms.